The smallest absolute Gasteiger partial charge is 0.307 e. The molecule has 2 N–H and O–H groups in total. The fourth-order valence-electron chi connectivity index (χ4n) is 3.14. The first-order valence-electron chi connectivity index (χ1n) is 8.25. The number of aliphatic carboxylic acids is 2. The molecule has 0 saturated heterocycles. The summed E-state index contributed by atoms with van der Waals surface area (Å²) in [5, 5.41) is 18.5. The molecule has 0 aromatic heterocycles. The summed E-state index contributed by atoms with van der Waals surface area (Å²) in [6.07, 6.45) is -0.320. The summed E-state index contributed by atoms with van der Waals surface area (Å²) in [7, 11) is 0. The van der Waals surface area contributed by atoms with Crippen LogP contribution in [0.15, 0.2) is 72.8 Å². The minimum atomic E-state index is -0.950. The molecule has 0 atom stereocenters. The van der Waals surface area contributed by atoms with Gasteiger partial charge in [0.25, 0.3) is 0 Å². The van der Waals surface area contributed by atoms with E-state index in [4.69, 9.17) is 0 Å². The van der Waals surface area contributed by atoms with Crippen LogP contribution in [0.5, 0.6) is 0 Å². The molecule has 0 spiro atoms. The Labute approximate surface area is 151 Å². The molecule has 0 aliphatic heterocycles. The highest BCUT2D eigenvalue weighted by Crippen LogP contribution is 2.36. The fourth-order valence-corrected chi connectivity index (χ4v) is 3.14. The summed E-state index contributed by atoms with van der Waals surface area (Å²) in [5.74, 6) is -1.90. The maximum absolute atomic E-state index is 11.4. The lowest BCUT2D eigenvalue weighted by molar-refractivity contribution is -0.137. The maximum atomic E-state index is 11.4. The van der Waals surface area contributed by atoms with Crippen LogP contribution >= 0.6 is 0 Å². The molecule has 0 saturated carbocycles. The van der Waals surface area contributed by atoms with E-state index >= 15 is 0 Å². The lowest BCUT2D eigenvalue weighted by Gasteiger charge is -2.17. The molecule has 0 aliphatic carbocycles. The summed E-state index contributed by atoms with van der Waals surface area (Å²) in [4.78, 5) is 22.6. The highest BCUT2D eigenvalue weighted by molar-refractivity contribution is 5.89. The van der Waals surface area contributed by atoms with Gasteiger partial charge in [0.15, 0.2) is 0 Å². The molecule has 4 nitrogen and oxygen atoms in total. The largest absolute Gasteiger partial charge is 0.481 e. The quantitative estimate of drug-likeness (QED) is 0.699. The summed E-state index contributed by atoms with van der Waals surface area (Å²) >= 11 is 0. The van der Waals surface area contributed by atoms with Crippen LogP contribution < -0.4 is 0 Å². The van der Waals surface area contributed by atoms with Gasteiger partial charge >= 0.3 is 11.9 Å². The predicted molar refractivity (Wildman–Crippen MR) is 100.0 cm³/mol. The third-order valence-electron chi connectivity index (χ3n) is 4.12. The number of rotatable bonds is 6. The molecule has 0 amide bonds. The van der Waals surface area contributed by atoms with E-state index in [2.05, 4.69) is 0 Å². The summed E-state index contributed by atoms with van der Waals surface area (Å²) in [6, 6.07) is 22.7. The lowest BCUT2D eigenvalue weighted by atomic mass is 9.87. The van der Waals surface area contributed by atoms with Gasteiger partial charge in [-0.1, -0.05) is 66.7 Å². The van der Waals surface area contributed by atoms with Crippen LogP contribution in [0, 0.1) is 0 Å². The van der Waals surface area contributed by atoms with E-state index in [0.717, 1.165) is 22.3 Å². The van der Waals surface area contributed by atoms with Crippen LogP contribution in [0.1, 0.15) is 11.1 Å². The molecule has 0 unspecified atom stereocenters. The highest BCUT2D eigenvalue weighted by Gasteiger charge is 2.17. The molecule has 26 heavy (non-hydrogen) atoms. The molecule has 0 aliphatic rings. The van der Waals surface area contributed by atoms with Crippen molar-refractivity contribution in [3.05, 3.63) is 83.9 Å². The zero-order valence-corrected chi connectivity index (χ0v) is 14.1. The van der Waals surface area contributed by atoms with Crippen LogP contribution in [0.3, 0.4) is 0 Å². The normalized spacial score (nSPS) is 10.5. The molecule has 0 fully saturated rings. The number of carboxylic acid groups (broad SMARTS) is 2. The van der Waals surface area contributed by atoms with Gasteiger partial charge in [-0.05, 0) is 39.4 Å². The first kappa shape index (κ1) is 17.4. The van der Waals surface area contributed by atoms with Gasteiger partial charge in [-0.3, -0.25) is 9.59 Å². The second-order valence-electron chi connectivity index (χ2n) is 6.05. The van der Waals surface area contributed by atoms with Crippen LogP contribution in [-0.2, 0) is 22.4 Å². The van der Waals surface area contributed by atoms with Crippen LogP contribution in [0.25, 0.3) is 22.3 Å². The van der Waals surface area contributed by atoms with Crippen molar-refractivity contribution < 1.29 is 19.8 Å². The van der Waals surface area contributed by atoms with E-state index in [-0.39, 0.29) is 12.8 Å². The average Bonchev–Trinajstić information content (AvgIpc) is 2.62. The van der Waals surface area contributed by atoms with E-state index in [1.807, 2.05) is 66.7 Å². The SMILES string of the molecule is O=C(O)Cc1cc(CC(=O)O)c(-c2ccccc2)c(-c2ccccc2)c1. The van der Waals surface area contributed by atoms with E-state index in [1.165, 1.54) is 0 Å². The van der Waals surface area contributed by atoms with Gasteiger partial charge in [-0.25, -0.2) is 0 Å². The van der Waals surface area contributed by atoms with Crippen molar-refractivity contribution in [2.45, 2.75) is 12.8 Å². The number of carboxylic acids is 2. The Hall–Kier alpha value is -3.40. The van der Waals surface area contributed by atoms with Crippen molar-refractivity contribution in [2.24, 2.45) is 0 Å². The Balaban J connectivity index is 2.30. The summed E-state index contributed by atoms with van der Waals surface area (Å²) in [6.45, 7) is 0. The number of hydrogen-bond donors (Lipinski definition) is 2. The molecule has 0 heterocycles. The monoisotopic (exact) mass is 346 g/mol. The molecule has 3 rings (SSSR count). The minimum Gasteiger partial charge on any atom is -0.481 e. The molecule has 0 radical (unpaired) electrons. The van der Waals surface area contributed by atoms with Crippen molar-refractivity contribution >= 4 is 11.9 Å². The fraction of sp³-hybridized carbons (Fsp3) is 0.0909. The zero-order valence-electron chi connectivity index (χ0n) is 14.1. The summed E-state index contributed by atoms with van der Waals surface area (Å²) < 4.78 is 0. The van der Waals surface area contributed by atoms with E-state index in [9.17, 15) is 19.8 Å². The standard InChI is InChI=1S/C22H18O4/c23-20(24)13-15-11-18(14-21(25)26)22(17-9-5-2-6-10-17)19(12-15)16-7-3-1-4-8-16/h1-12H,13-14H2,(H,23,24)(H,25,26). The predicted octanol–water partition coefficient (Wildman–Crippen LogP) is 4.27. The van der Waals surface area contributed by atoms with Crippen molar-refractivity contribution in [3.8, 4) is 22.3 Å². The van der Waals surface area contributed by atoms with Gasteiger partial charge < -0.3 is 10.2 Å². The second-order valence-corrected chi connectivity index (χ2v) is 6.05. The van der Waals surface area contributed by atoms with Crippen LogP contribution in [-0.4, -0.2) is 22.2 Å². The Morgan fingerprint density at radius 1 is 0.692 bits per heavy atom. The van der Waals surface area contributed by atoms with Crippen LogP contribution in [0.4, 0.5) is 0 Å². The third-order valence-corrected chi connectivity index (χ3v) is 4.12. The van der Waals surface area contributed by atoms with Crippen molar-refractivity contribution in [1.82, 2.24) is 0 Å². The zero-order chi connectivity index (χ0) is 18.5. The Morgan fingerprint density at radius 3 is 1.77 bits per heavy atom. The first-order chi connectivity index (χ1) is 12.5. The van der Waals surface area contributed by atoms with Gasteiger partial charge in [0.2, 0.25) is 0 Å². The van der Waals surface area contributed by atoms with Gasteiger partial charge in [-0.2, -0.15) is 0 Å². The van der Waals surface area contributed by atoms with Gasteiger partial charge in [0.05, 0.1) is 12.8 Å². The van der Waals surface area contributed by atoms with Crippen molar-refractivity contribution in [1.29, 1.82) is 0 Å². The van der Waals surface area contributed by atoms with E-state index in [1.54, 1.807) is 6.07 Å². The van der Waals surface area contributed by atoms with Crippen LogP contribution in [0.2, 0.25) is 0 Å². The molecular formula is C22H18O4. The highest BCUT2D eigenvalue weighted by atomic mass is 16.4. The Bertz CT molecular complexity index is 931. The second kappa shape index (κ2) is 7.66. The Kier molecular flexibility index (Phi) is 5.13. The molecule has 3 aromatic carbocycles. The first-order valence-corrected chi connectivity index (χ1v) is 8.25. The lowest BCUT2D eigenvalue weighted by Crippen LogP contribution is -2.07. The minimum absolute atomic E-state index is 0.151. The molecular weight excluding hydrogens is 328 g/mol. The topological polar surface area (TPSA) is 74.6 Å². The molecule has 4 heteroatoms. The maximum Gasteiger partial charge on any atom is 0.307 e. The Morgan fingerprint density at radius 2 is 1.23 bits per heavy atom. The van der Waals surface area contributed by atoms with E-state index < -0.39 is 11.9 Å². The molecule has 130 valence electrons. The van der Waals surface area contributed by atoms with Gasteiger partial charge in [0, 0.05) is 0 Å². The third kappa shape index (κ3) is 3.98. The average molecular weight is 346 g/mol. The van der Waals surface area contributed by atoms with Crippen molar-refractivity contribution in [2.75, 3.05) is 0 Å². The number of hydrogen-bond acceptors (Lipinski definition) is 2. The number of benzene rings is 3. The number of carbonyl (C=O) groups is 2. The van der Waals surface area contributed by atoms with Gasteiger partial charge in [0.1, 0.15) is 0 Å². The van der Waals surface area contributed by atoms with E-state index in [0.29, 0.717) is 11.1 Å². The summed E-state index contributed by atoms with van der Waals surface area (Å²) in [5.41, 5.74) is 4.70. The molecule has 3 aromatic rings. The van der Waals surface area contributed by atoms with Crippen molar-refractivity contribution in [3.63, 3.8) is 0 Å². The molecule has 0 bridgehead atoms. The van der Waals surface area contributed by atoms with Gasteiger partial charge in [-0.15, -0.1) is 0 Å².